The average Bonchev–Trinajstić information content (AvgIpc) is 2.51. The van der Waals surface area contributed by atoms with Gasteiger partial charge in [0.25, 0.3) is 0 Å². The summed E-state index contributed by atoms with van der Waals surface area (Å²) in [4.78, 5) is 11.8. The zero-order valence-electron chi connectivity index (χ0n) is 12.5. The van der Waals surface area contributed by atoms with Crippen LogP contribution in [0.2, 0.25) is 0 Å². The normalized spacial score (nSPS) is 11.4. The Bertz CT molecular complexity index is 445. The lowest BCUT2D eigenvalue weighted by Gasteiger charge is -2.21. The van der Waals surface area contributed by atoms with Gasteiger partial charge in [-0.25, -0.2) is 4.68 Å². The third-order valence-electron chi connectivity index (χ3n) is 2.54. The zero-order chi connectivity index (χ0) is 14.6. The Balaban J connectivity index is 2.69. The zero-order valence-corrected chi connectivity index (χ0v) is 12.5. The van der Waals surface area contributed by atoms with Crippen LogP contribution in [0.4, 0.5) is 11.5 Å². The molecule has 0 unspecified atom stereocenters. The van der Waals surface area contributed by atoms with Gasteiger partial charge in [0.1, 0.15) is 5.82 Å². The van der Waals surface area contributed by atoms with Gasteiger partial charge in [-0.15, -0.1) is 0 Å². The van der Waals surface area contributed by atoms with Crippen LogP contribution in [-0.2, 0) is 11.3 Å². The lowest BCUT2D eigenvalue weighted by molar-refractivity contribution is -0.120. The van der Waals surface area contributed by atoms with Crippen molar-refractivity contribution in [3.63, 3.8) is 0 Å². The van der Waals surface area contributed by atoms with Crippen LogP contribution in [0, 0.1) is 6.92 Å². The lowest BCUT2D eigenvalue weighted by Crippen LogP contribution is -2.43. The molecule has 6 heteroatoms. The fraction of sp³-hybridized carbons (Fsp3) is 0.692. The van der Waals surface area contributed by atoms with E-state index in [0.29, 0.717) is 5.69 Å². The number of nitrogens with one attached hydrogen (secondary N) is 2. The maximum absolute atomic E-state index is 11.8. The number of hydrogen-bond donors (Lipinski definition) is 3. The van der Waals surface area contributed by atoms with E-state index in [1.807, 2.05) is 32.4 Å². The van der Waals surface area contributed by atoms with Crippen molar-refractivity contribution >= 4 is 17.4 Å². The standard InChI is InChI=1S/C13H25N5O/c1-6-7-18-12(11(14)9(2)17-18)15-8-10(19)16-13(3,4)5/h15H,6-8,14H2,1-5H3,(H,16,19). The van der Waals surface area contributed by atoms with Crippen LogP contribution in [0.15, 0.2) is 0 Å². The second kappa shape index (κ2) is 5.95. The van der Waals surface area contributed by atoms with Gasteiger partial charge >= 0.3 is 0 Å². The molecule has 1 amide bonds. The molecule has 0 atom stereocenters. The van der Waals surface area contributed by atoms with Crippen LogP contribution in [0.3, 0.4) is 0 Å². The van der Waals surface area contributed by atoms with Gasteiger partial charge < -0.3 is 16.4 Å². The number of aryl methyl sites for hydroxylation is 2. The smallest absolute Gasteiger partial charge is 0.239 e. The highest BCUT2D eigenvalue weighted by Crippen LogP contribution is 2.22. The SMILES string of the molecule is CCCn1nc(C)c(N)c1NCC(=O)NC(C)(C)C. The largest absolute Gasteiger partial charge is 0.394 e. The molecule has 1 aromatic rings. The molecule has 0 radical (unpaired) electrons. The van der Waals surface area contributed by atoms with Crippen molar-refractivity contribution in [1.29, 1.82) is 0 Å². The fourth-order valence-electron chi connectivity index (χ4n) is 1.78. The van der Waals surface area contributed by atoms with Crippen molar-refractivity contribution in [2.45, 2.75) is 53.1 Å². The number of hydrogen-bond acceptors (Lipinski definition) is 4. The molecular weight excluding hydrogens is 242 g/mol. The van der Waals surface area contributed by atoms with Gasteiger partial charge in [-0.2, -0.15) is 5.10 Å². The molecule has 0 spiro atoms. The number of aromatic nitrogens is 2. The minimum Gasteiger partial charge on any atom is -0.394 e. The van der Waals surface area contributed by atoms with Crippen molar-refractivity contribution in [3.05, 3.63) is 5.69 Å². The lowest BCUT2D eigenvalue weighted by atomic mass is 10.1. The van der Waals surface area contributed by atoms with Crippen LogP contribution in [0.1, 0.15) is 39.8 Å². The van der Waals surface area contributed by atoms with Gasteiger partial charge in [0.05, 0.1) is 17.9 Å². The summed E-state index contributed by atoms with van der Waals surface area (Å²) in [6.07, 6.45) is 0.962. The third-order valence-corrected chi connectivity index (χ3v) is 2.54. The second-order valence-electron chi connectivity index (χ2n) is 5.72. The van der Waals surface area contributed by atoms with E-state index in [9.17, 15) is 4.79 Å². The Kier molecular flexibility index (Phi) is 4.80. The number of anilines is 2. The minimum atomic E-state index is -0.232. The second-order valence-corrected chi connectivity index (χ2v) is 5.72. The van der Waals surface area contributed by atoms with Crippen molar-refractivity contribution in [3.8, 4) is 0 Å². The van der Waals surface area contributed by atoms with E-state index in [1.165, 1.54) is 0 Å². The quantitative estimate of drug-likeness (QED) is 0.755. The van der Waals surface area contributed by atoms with Gasteiger partial charge in [-0.1, -0.05) is 6.92 Å². The molecule has 1 rings (SSSR count). The summed E-state index contributed by atoms with van der Waals surface area (Å²) >= 11 is 0. The number of nitrogen functional groups attached to an aromatic ring is 1. The molecule has 0 aliphatic heterocycles. The predicted octanol–water partition coefficient (Wildman–Crippen LogP) is 1.51. The first-order valence-corrected chi connectivity index (χ1v) is 6.62. The van der Waals surface area contributed by atoms with E-state index in [0.717, 1.165) is 24.5 Å². The maximum atomic E-state index is 11.8. The van der Waals surface area contributed by atoms with E-state index >= 15 is 0 Å². The number of amides is 1. The van der Waals surface area contributed by atoms with Gasteiger partial charge in [-0.3, -0.25) is 4.79 Å². The van der Waals surface area contributed by atoms with Gasteiger partial charge in [0.2, 0.25) is 5.91 Å². The fourth-order valence-corrected chi connectivity index (χ4v) is 1.78. The van der Waals surface area contributed by atoms with Crippen LogP contribution in [0.5, 0.6) is 0 Å². The van der Waals surface area contributed by atoms with E-state index < -0.39 is 0 Å². The predicted molar refractivity (Wildman–Crippen MR) is 78.1 cm³/mol. The minimum absolute atomic E-state index is 0.0613. The number of carbonyl (C=O) groups is 1. The van der Waals surface area contributed by atoms with Gasteiger partial charge in [0.15, 0.2) is 0 Å². The average molecular weight is 267 g/mol. The summed E-state index contributed by atoms with van der Waals surface area (Å²) < 4.78 is 1.81. The van der Waals surface area contributed by atoms with Crippen molar-refractivity contribution in [1.82, 2.24) is 15.1 Å². The first-order valence-electron chi connectivity index (χ1n) is 6.62. The molecule has 0 fully saturated rings. The Hall–Kier alpha value is -1.72. The van der Waals surface area contributed by atoms with Crippen molar-refractivity contribution < 1.29 is 4.79 Å². The highest BCUT2D eigenvalue weighted by atomic mass is 16.2. The molecule has 0 aliphatic carbocycles. The van der Waals surface area contributed by atoms with Crippen molar-refractivity contribution in [2.75, 3.05) is 17.6 Å². The molecule has 1 heterocycles. The van der Waals surface area contributed by atoms with E-state index in [2.05, 4.69) is 22.7 Å². The van der Waals surface area contributed by atoms with Gasteiger partial charge in [0, 0.05) is 12.1 Å². The first kappa shape index (κ1) is 15.3. The topological polar surface area (TPSA) is 85.0 Å². The molecule has 19 heavy (non-hydrogen) atoms. The molecule has 4 N–H and O–H groups in total. The summed E-state index contributed by atoms with van der Waals surface area (Å²) in [6, 6.07) is 0. The van der Waals surface area contributed by atoms with E-state index in [-0.39, 0.29) is 18.0 Å². The molecule has 0 aliphatic rings. The summed E-state index contributed by atoms with van der Waals surface area (Å²) in [5.41, 5.74) is 7.13. The van der Waals surface area contributed by atoms with Crippen LogP contribution < -0.4 is 16.4 Å². The molecule has 0 saturated heterocycles. The highest BCUT2D eigenvalue weighted by Gasteiger charge is 2.16. The van der Waals surface area contributed by atoms with Crippen LogP contribution in [0.25, 0.3) is 0 Å². The Morgan fingerprint density at radius 1 is 1.42 bits per heavy atom. The molecule has 108 valence electrons. The summed E-state index contributed by atoms with van der Waals surface area (Å²) in [7, 11) is 0. The van der Waals surface area contributed by atoms with E-state index in [1.54, 1.807) is 0 Å². The van der Waals surface area contributed by atoms with E-state index in [4.69, 9.17) is 5.73 Å². The Labute approximate surface area is 114 Å². The summed E-state index contributed by atoms with van der Waals surface area (Å²) in [6.45, 7) is 10.8. The Morgan fingerprint density at radius 2 is 2.05 bits per heavy atom. The van der Waals surface area contributed by atoms with Crippen LogP contribution in [-0.4, -0.2) is 27.8 Å². The number of rotatable bonds is 5. The molecule has 0 aromatic carbocycles. The number of carbonyl (C=O) groups excluding carboxylic acids is 1. The Morgan fingerprint density at radius 3 is 2.58 bits per heavy atom. The monoisotopic (exact) mass is 267 g/mol. The molecular formula is C13H25N5O. The van der Waals surface area contributed by atoms with Crippen molar-refractivity contribution in [2.24, 2.45) is 0 Å². The highest BCUT2D eigenvalue weighted by molar-refractivity contribution is 5.82. The van der Waals surface area contributed by atoms with Crippen LogP contribution >= 0.6 is 0 Å². The molecule has 1 aromatic heterocycles. The summed E-state index contributed by atoms with van der Waals surface area (Å²) in [5, 5.41) is 10.3. The first-order chi connectivity index (χ1) is 8.74. The maximum Gasteiger partial charge on any atom is 0.239 e. The number of nitrogens with zero attached hydrogens (tertiary/aromatic N) is 2. The third kappa shape index (κ3) is 4.46. The molecule has 6 nitrogen and oxygen atoms in total. The molecule has 0 saturated carbocycles. The summed E-state index contributed by atoms with van der Waals surface area (Å²) in [5.74, 6) is 0.664. The van der Waals surface area contributed by atoms with Gasteiger partial charge in [-0.05, 0) is 34.1 Å². The number of nitrogens with two attached hydrogens (primary N) is 1. The molecule has 0 bridgehead atoms.